The molecule has 23 heavy (non-hydrogen) atoms. The molecule has 136 valence electrons. The van der Waals surface area contributed by atoms with Gasteiger partial charge in [0.2, 0.25) is 0 Å². The largest absolute Gasteiger partial charge is 0.316 e. The van der Waals surface area contributed by atoms with E-state index in [-0.39, 0.29) is 17.1 Å². The maximum Gasteiger partial charge on any atom is 0.313 e. The van der Waals surface area contributed by atoms with Gasteiger partial charge in [-0.3, -0.25) is 4.48 Å². The highest BCUT2D eigenvalue weighted by molar-refractivity contribution is 5.80. The van der Waals surface area contributed by atoms with Gasteiger partial charge in [0.15, 0.2) is 0 Å². The number of amides is 1. The number of hydrogen-bond donors (Lipinski definition) is 1. The summed E-state index contributed by atoms with van der Waals surface area (Å²) in [5, 5.41) is 3.44. The van der Waals surface area contributed by atoms with E-state index in [1.54, 1.807) is 6.92 Å². The first-order valence-corrected chi connectivity index (χ1v) is 9.06. The fourth-order valence-electron chi connectivity index (χ4n) is 3.49. The Balaban J connectivity index is 5.38. The van der Waals surface area contributed by atoms with E-state index in [1.807, 2.05) is 14.1 Å². The molecule has 4 nitrogen and oxygen atoms in total. The Hall–Kier alpha value is -0.740. The molecule has 0 aromatic carbocycles. The molecule has 0 aromatic rings. The predicted octanol–water partition coefficient (Wildman–Crippen LogP) is 3.40. The van der Waals surface area contributed by atoms with Crippen LogP contribution in [-0.2, 0) is 9.59 Å². The molecular weight excluding hydrogens is 288 g/mol. The second-order valence-electron chi connectivity index (χ2n) is 8.17. The van der Waals surface area contributed by atoms with Crippen LogP contribution in [0.2, 0.25) is 0 Å². The predicted molar refractivity (Wildman–Crippen MR) is 97.2 cm³/mol. The van der Waals surface area contributed by atoms with Gasteiger partial charge >= 0.3 is 5.91 Å². The Morgan fingerprint density at radius 3 is 2.04 bits per heavy atom. The Morgan fingerprint density at radius 1 is 1.13 bits per heavy atom. The molecule has 1 amide bonds. The summed E-state index contributed by atoms with van der Waals surface area (Å²) in [5.41, 5.74) is 0.123. The van der Waals surface area contributed by atoms with Crippen molar-refractivity contribution in [3.8, 4) is 0 Å². The number of quaternary nitrogens is 1. The van der Waals surface area contributed by atoms with Crippen LogP contribution in [0.25, 0.3) is 0 Å². The van der Waals surface area contributed by atoms with E-state index in [4.69, 9.17) is 0 Å². The lowest BCUT2D eigenvalue weighted by Gasteiger charge is -2.42. The summed E-state index contributed by atoms with van der Waals surface area (Å²) in [6.45, 7) is 14.3. The number of rotatable bonds is 10. The summed E-state index contributed by atoms with van der Waals surface area (Å²) < 4.78 is 0.434. The first-order chi connectivity index (χ1) is 10.5. The van der Waals surface area contributed by atoms with Crippen LogP contribution in [0, 0.1) is 11.3 Å². The molecule has 0 aromatic heterocycles. The summed E-state index contributed by atoms with van der Waals surface area (Å²) in [7, 11) is 4.06. The Morgan fingerprint density at radius 2 is 1.70 bits per heavy atom. The number of nitrogens with one attached hydrogen (secondary N) is 1. The minimum Gasteiger partial charge on any atom is -0.316 e. The van der Waals surface area contributed by atoms with E-state index in [2.05, 4.69) is 39.9 Å². The molecule has 0 aliphatic heterocycles. The van der Waals surface area contributed by atoms with Gasteiger partial charge in [-0.1, -0.05) is 34.6 Å². The minimum atomic E-state index is 0.0930. The van der Waals surface area contributed by atoms with Gasteiger partial charge in [-0.2, -0.15) is 0 Å². The van der Waals surface area contributed by atoms with Crippen molar-refractivity contribution in [2.75, 3.05) is 27.2 Å². The molecule has 0 saturated carbocycles. The highest BCUT2D eigenvalue weighted by atomic mass is 16.2. The van der Waals surface area contributed by atoms with Gasteiger partial charge in [0.1, 0.15) is 5.78 Å². The van der Waals surface area contributed by atoms with Crippen LogP contribution >= 0.6 is 0 Å². The molecule has 4 heteroatoms. The second-order valence-corrected chi connectivity index (χ2v) is 8.17. The summed E-state index contributed by atoms with van der Waals surface area (Å²) >= 11 is 0. The molecule has 0 radical (unpaired) electrons. The van der Waals surface area contributed by atoms with Crippen LogP contribution in [0.1, 0.15) is 67.2 Å². The quantitative estimate of drug-likeness (QED) is 0.626. The number of carbonyl (C=O) groups excluding carboxylic acids is 2. The van der Waals surface area contributed by atoms with E-state index in [1.165, 1.54) is 0 Å². The third kappa shape index (κ3) is 7.13. The zero-order valence-electron chi connectivity index (χ0n) is 16.7. The smallest absolute Gasteiger partial charge is 0.313 e. The van der Waals surface area contributed by atoms with Crippen molar-refractivity contribution in [1.82, 2.24) is 5.32 Å². The summed E-state index contributed by atoms with van der Waals surface area (Å²) in [6, 6.07) is 0.393. The lowest BCUT2D eigenvalue weighted by molar-refractivity contribution is -0.840. The van der Waals surface area contributed by atoms with E-state index < -0.39 is 0 Å². The second kappa shape index (κ2) is 9.53. The zero-order valence-corrected chi connectivity index (χ0v) is 16.7. The molecule has 0 fully saturated rings. The van der Waals surface area contributed by atoms with Crippen molar-refractivity contribution in [3.63, 3.8) is 0 Å². The van der Waals surface area contributed by atoms with Gasteiger partial charge in [-0.05, 0) is 32.2 Å². The van der Waals surface area contributed by atoms with Crippen molar-refractivity contribution in [1.29, 1.82) is 0 Å². The first kappa shape index (κ1) is 22.3. The van der Waals surface area contributed by atoms with Crippen molar-refractivity contribution in [2.24, 2.45) is 11.3 Å². The van der Waals surface area contributed by atoms with E-state index in [0.717, 1.165) is 25.9 Å². The number of hydrogen-bond acceptors (Lipinski definition) is 3. The number of Topliss-reactive ketones (excluding diaryl/α,β-unsaturated/α-hetero) is 1. The Kier molecular flexibility index (Phi) is 9.22. The van der Waals surface area contributed by atoms with E-state index in [9.17, 15) is 9.59 Å². The molecule has 0 aliphatic rings. The average Bonchev–Trinajstić information content (AvgIpc) is 2.44. The molecular formula is C19H39N2O2+. The highest BCUT2D eigenvalue weighted by Gasteiger charge is 2.40. The van der Waals surface area contributed by atoms with E-state index >= 15 is 0 Å². The summed E-state index contributed by atoms with van der Waals surface area (Å²) in [5.74, 6) is 0.688. The van der Waals surface area contributed by atoms with Gasteiger partial charge in [0.25, 0.3) is 0 Å². The fraction of sp³-hybridized carbons (Fsp3) is 0.895. The zero-order chi connectivity index (χ0) is 18.3. The average molecular weight is 328 g/mol. The lowest BCUT2D eigenvalue weighted by Crippen LogP contribution is -2.57. The molecule has 0 spiro atoms. The molecule has 1 N–H and O–H groups in total. The van der Waals surface area contributed by atoms with Crippen molar-refractivity contribution < 1.29 is 14.1 Å². The van der Waals surface area contributed by atoms with Crippen molar-refractivity contribution in [2.45, 2.75) is 73.3 Å². The third-order valence-electron chi connectivity index (χ3n) is 5.02. The van der Waals surface area contributed by atoms with Crippen LogP contribution in [0.4, 0.5) is 0 Å². The number of carbonyl (C=O) groups is 2. The lowest BCUT2D eigenvalue weighted by atomic mass is 9.74. The molecule has 3 atom stereocenters. The maximum atomic E-state index is 12.8. The molecule has 0 aliphatic carbocycles. The van der Waals surface area contributed by atoms with Crippen LogP contribution in [0.3, 0.4) is 0 Å². The molecule has 3 unspecified atom stereocenters. The third-order valence-corrected chi connectivity index (χ3v) is 5.02. The maximum absolute atomic E-state index is 12.8. The van der Waals surface area contributed by atoms with Crippen molar-refractivity contribution >= 4 is 11.7 Å². The van der Waals surface area contributed by atoms with Crippen molar-refractivity contribution in [3.05, 3.63) is 0 Å². The fourth-order valence-corrected chi connectivity index (χ4v) is 3.49. The molecule has 0 rings (SSSR count). The highest BCUT2D eigenvalue weighted by Crippen LogP contribution is 2.33. The Labute approximate surface area is 143 Å². The van der Waals surface area contributed by atoms with Crippen LogP contribution in [0.15, 0.2) is 0 Å². The first-order valence-electron chi connectivity index (χ1n) is 9.06. The van der Waals surface area contributed by atoms with Gasteiger partial charge in [0.05, 0.1) is 26.6 Å². The SMILES string of the molecule is CCC[N+](C)(CC(C(CC)NC)C(C)(C)C)C(=O)CCC(C)=O. The van der Waals surface area contributed by atoms with Crippen LogP contribution in [0.5, 0.6) is 0 Å². The topological polar surface area (TPSA) is 46.2 Å². The van der Waals surface area contributed by atoms with Crippen LogP contribution < -0.4 is 5.32 Å². The van der Waals surface area contributed by atoms with Gasteiger partial charge in [-0.25, -0.2) is 4.79 Å². The molecule has 0 heterocycles. The normalized spacial score (nSPS) is 17.4. The minimum absolute atomic E-state index is 0.0930. The van der Waals surface area contributed by atoms with E-state index in [0.29, 0.717) is 29.3 Å². The number of ketones is 1. The van der Waals surface area contributed by atoms with Gasteiger partial charge in [-0.15, -0.1) is 0 Å². The van der Waals surface area contributed by atoms with Gasteiger partial charge in [0, 0.05) is 18.4 Å². The van der Waals surface area contributed by atoms with Gasteiger partial charge < -0.3 is 10.1 Å². The van der Waals surface area contributed by atoms with Crippen LogP contribution in [-0.4, -0.2) is 49.4 Å². The molecule has 0 bridgehead atoms. The summed E-state index contributed by atoms with van der Waals surface area (Å²) in [4.78, 5) is 24.1. The molecule has 0 saturated heterocycles. The monoisotopic (exact) mass is 327 g/mol. The standard InChI is InChI=1S/C19H39N2O2/c1-9-13-21(8,18(23)12-11-15(3)22)14-16(19(4,5)6)17(10-2)20-7/h16-17,20H,9-14H2,1-8H3/q+1. The Bertz CT molecular complexity index is 383. The summed E-state index contributed by atoms with van der Waals surface area (Å²) in [6.07, 6.45) is 2.74. The number of nitrogens with zero attached hydrogens (tertiary/aromatic N) is 1.